The molecule has 19 heavy (non-hydrogen) atoms. The molecule has 0 saturated carbocycles. The molecule has 1 aromatic carbocycles. The summed E-state index contributed by atoms with van der Waals surface area (Å²) in [5.41, 5.74) is 2.31. The Hall–Kier alpha value is -0.580. The molecule has 2 aliphatic heterocycles. The van der Waals surface area contributed by atoms with E-state index in [-0.39, 0.29) is 12.2 Å². The molecule has 2 heterocycles. The van der Waals surface area contributed by atoms with Crippen LogP contribution in [0.3, 0.4) is 0 Å². The smallest absolute Gasteiger partial charge is 0.125 e. The van der Waals surface area contributed by atoms with Gasteiger partial charge in [0.25, 0.3) is 0 Å². The molecule has 3 atom stereocenters. The van der Waals surface area contributed by atoms with Crippen LogP contribution in [0.1, 0.15) is 30.9 Å². The zero-order chi connectivity index (χ0) is 13.4. The largest absolute Gasteiger partial charge is 0.493 e. The van der Waals surface area contributed by atoms with E-state index in [1.807, 2.05) is 6.07 Å². The highest BCUT2D eigenvalue weighted by molar-refractivity contribution is 9.10. The molecule has 2 aliphatic rings. The third-order valence-electron chi connectivity index (χ3n) is 3.95. The average molecular weight is 327 g/mol. The second kappa shape index (κ2) is 5.43. The summed E-state index contributed by atoms with van der Waals surface area (Å²) in [6.45, 7) is 2.80. The van der Waals surface area contributed by atoms with Gasteiger partial charge in [-0.15, -0.1) is 0 Å². The van der Waals surface area contributed by atoms with E-state index < -0.39 is 6.10 Å². The lowest BCUT2D eigenvalue weighted by Crippen LogP contribution is -2.28. The summed E-state index contributed by atoms with van der Waals surface area (Å²) in [5, 5.41) is 10.3. The van der Waals surface area contributed by atoms with E-state index in [1.165, 1.54) is 5.56 Å². The molecule has 1 N–H and O–H groups in total. The number of fused-ring (bicyclic) bond motifs is 1. The zero-order valence-corrected chi connectivity index (χ0v) is 12.6. The first kappa shape index (κ1) is 13.4. The summed E-state index contributed by atoms with van der Waals surface area (Å²) in [6, 6.07) is 4.15. The minimum Gasteiger partial charge on any atom is -0.493 e. The third-order valence-corrected chi connectivity index (χ3v) is 4.41. The lowest BCUT2D eigenvalue weighted by Gasteiger charge is -2.19. The van der Waals surface area contributed by atoms with Gasteiger partial charge in [-0.25, -0.2) is 0 Å². The predicted molar refractivity (Wildman–Crippen MR) is 76.6 cm³/mol. The van der Waals surface area contributed by atoms with Gasteiger partial charge in [0.05, 0.1) is 24.9 Å². The molecule has 0 bridgehead atoms. The first-order valence-corrected chi connectivity index (χ1v) is 7.70. The Morgan fingerprint density at radius 2 is 2.26 bits per heavy atom. The summed E-state index contributed by atoms with van der Waals surface area (Å²) >= 11 is 3.53. The lowest BCUT2D eigenvalue weighted by molar-refractivity contribution is -0.0280. The van der Waals surface area contributed by atoms with Crippen LogP contribution in [0.2, 0.25) is 0 Å². The maximum atomic E-state index is 10.3. The van der Waals surface area contributed by atoms with Gasteiger partial charge in [0.2, 0.25) is 0 Å². The standard InChI is InChI=1S/C15H19BrO3/c1-9-2-3-14(19-9)13(17)8-11-7-12(16)6-10-4-5-18-15(10)11/h6-7,9,13-14,17H,2-5,8H2,1H3. The highest BCUT2D eigenvalue weighted by atomic mass is 79.9. The molecule has 1 saturated heterocycles. The highest BCUT2D eigenvalue weighted by Gasteiger charge is 2.29. The van der Waals surface area contributed by atoms with Gasteiger partial charge in [0.15, 0.2) is 0 Å². The maximum Gasteiger partial charge on any atom is 0.125 e. The van der Waals surface area contributed by atoms with Crippen molar-refractivity contribution in [3.63, 3.8) is 0 Å². The minimum atomic E-state index is -0.451. The Balaban J connectivity index is 1.76. The second-order valence-electron chi connectivity index (χ2n) is 5.49. The van der Waals surface area contributed by atoms with E-state index in [0.717, 1.165) is 41.7 Å². The summed E-state index contributed by atoms with van der Waals surface area (Å²) < 4.78 is 12.5. The molecule has 0 aromatic heterocycles. The second-order valence-corrected chi connectivity index (χ2v) is 6.40. The number of halogens is 1. The van der Waals surface area contributed by atoms with E-state index in [4.69, 9.17) is 9.47 Å². The van der Waals surface area contributed by atoms with Gasteiger partial charge in [-0.3, -0.25) is 0 Å². The average Bonchev–Trinajstić information content (AvgIpc) is 2.97. The molecule has 0 aliphatic carbocycles. The van der Waals surface area contributed by atoms with Crippen LogP contribution in [0, 0.1) is 0 Å². The van der Waals surface area contributed by atoms with Crippen molar-refractivity contribution in [1.29, 1.82) is 0 Å². The summed E-state index contributed by atoms with van der Waals surface area (Å²) in [5.74, 6) is 0.966. The van der Waals surface area contributed by atoms with Crippen molar-refractivity contribution in [2.45, 2.75) is 50.9 Å². The molecule has 3 nitrogen and oxygen atoms in total. The minimum absolute atomic E-state index is 0.0361. The SMILES string of the molecule is CC1CCC(C(O)Cc2cc(Br)cc3c2OCC3)O1. The molecule has 1 fully saturated rings. The van der Waals surface area contributed by atoms with Gasteiger partial charge >= 0.3 is 0 Å². The van der Waals surface area contributed by atoms with Gasteiger partial charge in [-0.05, 0) is 43.0 Å². The van der Waals surface area contributed by atoms with Gasteiger partial charge in [-0.2, -0.15) is 0 Å². The van der Waals surface area contributed by atoms with Gasteiger partial charge in [-0.1, -0.05) is 15.9 Å². The molecule has 3 unspecified atom stereocenters. The van der Waals surface area contributed by atoms with Crippen molar-refractivity contribution in [2.75, 3.05) is 6.61 Å². The Labute approximate surface area is 122 Å². The number of ether oxygens (including phenoxy) is 2. The topological polar surface area (TPSA) is 38.7 Å². The molecule has 104 valence electrons. The molecule has 3 rings (SSSR count). The molecule has 0 radical (unpaired) electrons. The van der Waals surface area contributed by atoms with Crippen LogP contribution in [0.25, 0.3) is 0 Å². The van der Waals surface area contributed by atoms with Gasteiger partial charge in [0.1, 0.15) is 5.75 Å². The monoisotopic (exact) mass is 326 g/mol. The van der Waals surface area contributed by atoms with Gasteiger partial charge < -0.3 is 14.6 Å². The summed E-state index contributed by atoms with van der Waals surface area (Å²) in [6.07, 6.45) is 3.31. The fourth-order valence-electron chi connectivity index (χ4n) is 2.97. The van der Waals surface area contributed by atoms with Crippen LogP contribution in [0.4, 0.5) is 0 Å². The van der Waals surface area contributed by atoms with Crippen LogP contribution >= 0.6 is 15.9 Å². The molecule has 0 amide bonds. The van der Waals surface area contributed by atoms with Gasteiger partial charge in [0, 0.05) is 17.3 Å². The third kappa shape index (κ3) is 2.81. The van der Waals surface area contributed by atoms with Crippen LogP contribution in [0.15, 0.2) is 16.6 Å². The number of rotatable bonds is 3. The van der Waals surface area contributed by atoms with Crippen molar-refractivity contribution in [2.24, 2.45) is 0 Å². The van der Waals surface area contributed by atoms with Crippen molar-refractivity contribution >= 4 is 15.9 Å². The molecule has 0 spiro atoms. The van der Waals surface area contributed by atoms with Crippen molar-refractivity contribution in [3.05, 3.63) is 27.7 Å². The maximum absolute atomic E-state index is 10.3. The fraction of sp³-hybridized carbons (Fsp3) is 0.600. The fourth-order valence-corrected chi connectivity index (χ4v) is 3.52. The van der Waals surface area contributed by atoms with Crippen LogP contribution in [-0.2, 0) is 17.6 Å². The van der Waals surface area contributed by atoms with Crippen molar-refractivity contribution in [1.82, 2.24) is 0 Å². The molecular formula is C15H19BrO3. The quantitative estimate of drug-likeness (QED) is 0.928. The Kier molecular flexibility index (Phi) is 3.83. The first-order chi connectivity index (χ1) is 9.13. The molecular weight excluding hydrogens is 308 g/mol. The first-order valence-electron chi connectivity index (χ1n) is 6.91. The van der Waals surface area contributed by atoms with E-state index in [9.17, 15) is 5.11 Å². The van der Waals surface area contributed by atoms with Crippen LogP contribution in [0.5, 0.6) is 5.75 Å². The van der Waals surface area contributed by atoms with Crippen molar-refractivity contribution in [3.8, 4) is 5.75 Å². The van der Waals surface area contributed by atoms with Crippen molar-refractivity contribution < 1.29 is 14.6 Å². The number of hydrogen-bond acceptors (Lipinski definition) is 3. The van der Waals surface area contributed by atoms with E-state index in [1.54, 1.807) is 0 Å². The Morgan fingerprint density at radius 1 is 1.42 bits per heavy atom. The Bertz CT molecular complexity index is 475. The van der Waals surface area contributed by atoms with E-state index in [2.05, 4.69) is 28.9 Å². The zero-order valence-electron chi connectivity index (χ0n) is 11.1. The summed E-state index contributed by atoms with van der Waals surface area (Å²) in [7, 11) is 0. The normalized spacial score (nSPS) is 27.1. The number of aliphatic hydroxyl groups excluding tert-OH is 1. The predicted octanol–water partition coefficient (Wildman–Crippen LogP) is 2.85. The summed E-state index contributed by atoms with van der Waals surface area (Å²) in [4.78, 5) is 0. The lowest BCUT2D eigenvalue weighted by atomic mass is 9.99. The van der Waals surface area contributed by atoms with E-state index in [0.29, 0.717) is 6.42 Å². The molecule has 1 aromatic rings. The highest BCUT2D eigenvalue weighted by Crippen LogP contribution is 2.34. The van der Waals surface area contributed by atoms with Crippen LogP contribution < -0.4 is 4.74 Å². The van der Waals surface area contributed by atoms with E-state index >= 15 is 0 Å². The van der Waals surface area contributed by atoms with Crippen LogP contribution in [-0.4, -0.2) is 30.0 Å². The Morgan fingerprint density at radius 3 is 3.00 bits per heavy atom. The number of aliphatic hydroxyl groups is 1. The molecule has 4 heteroatoms. The number of hydrogen-bond donors (Lipinski definition) is 1. The number of benzene rings is 1.